The minimum atomic E-state index is -0.467. The number of hydrogen-bond acceptors (Lipinski definition) is 2. The van der Waals surface area contributed by atoms with Crippen molar-refractivity contribution in [3.05, 3.63) is 17.2 Å². The van der Waals surface area contributed by atoms with E-state index in [1.165, 1.54) is 19.3 Å². The first kappa shape index (κ1) is 12.9. The minimum Gasteiger partial charge on any atom is -0.385 e. The number of aliphatic hydroxyl groups excluding tert-OH is 1. The molecular weight excluding hydrogens is 236 g/mol. The first-order valence-corrected chi connectivity index (χ1v) is 6.86. The molecule has 1 aromatic rings. The van der Waals surface area contributed by atoms with Gasteiger partial charge in [0.1, 0.15) is 17.1 Å². The molecule has 0 saturated heterocycles. The van der Waals surface area contributed by atoms with Crippen molar-refractivity contribution < 1.29 is 5.11 Å². The zero-order chi connectivity index (χ0) is 12.4. The molecule has 4 heteroatoms. The van der Waals surface area contributed by atoms with Crippen LogP contribution in [0.15, 0.2) is 6.20 Å². The summed E-state index contributed by atoms with van der Waals surface area (Å²) in [4.78, 5) is 4.21. The highest BCUT2D eigenvalue weighted by Gasteiger charge is 2.29. The highest BCUT2D eigenvalue weighted by molar-refractivity contribution is 6.29. The fourth-order valence-electron chi connectivity index (χ4n) is 2.80. The van der Waals surface area contributed by atoms with Gasteiger partial charge in [0.05, 0.1) is 6.20 Å². The lowest BCUT2D eigenvalue weighted by atomic mass is 9.78. The SMILES string of the molecule is CCC1CCC(C(O)c2ncc(Cl)n2C)CC1. The summed E-state index contributed by atoms with van der Waals surface area (Å²) >= 11 is 5.95. The Morgan fingerprint density at radius 3 is 2.59 bits per heavy atom. The summed E-state index contributed by atoms with van der Waals surface area (Å²) in [6.07, 6.45) is 7.07. The number of aromatic nitrogens is 2. The van der Waals surface area contributed by atoms with Gasteiger partial charge >= 0.3 is 0 Å². The zero-order valence-electron chi connectivity index (χ0n) is 10.6. The Balaban J connectivity index is 2.01. The van der Waals surface area contributed by atoms with Crippen LogP contribution in [0.2, 0.25) is 5.15 Å². The molecule has 0 aromatic carbocycles. The van der Waals surface area contributed by atoms with E-state index < -0.39 is 6.10 Å². The van der Waals surface area contributed by atoms with Gasteiger partial charge in [-0.25, -0.2) is 4.98 Å². The molecule has 2 rings (SSSR count). The summed E-state index contributed by atoms with van der Waals surface area (Å²) < 4.78 is 1.78. The molecule has 1 fully saturated rings. The van der Waals surface area contributed by atoms with Gasteiger partial charge in [-0.15, -0.1) is 0 Å². The molecule has 0 spiro atoms. The largest absolute Gasteiger partial charge is 0.385 e. The van der Waals surface area contributed by atoms with Gasteiger partial charge in [-0.05, 0) is 24.7 Å². The van der Waals surface area contributed by atoms with Gasteiger partial charge in [-0.2, -0.15) is 0 Å². The highest BCUT2D eigenvalue weighted by Crippen LogP contribution is 2.37. The Morgan fingerprint density at radius 1 is 1.47 bits per heavy atom. The van der Waals surface area contributed by atoms with Crippen molar-refractivity contribution in [2.75, 3.05) is 0 Å². The summed E-state index contributed by atoms with van der Waals surface area (Å²) in [6.45, 7) is 2.25. The fraction of sp³-hybridized carbons (Fsp3) is 0.769. The molecule has 1 heterocycles. The van der Waals surface area contributed by atoms with Crippen LogP contribution in [0, 0.1) is 11.8 Å². The van der Waals surface area contributed by atoms with Gasteiger partial charge in [0, 0.05) is 7.05 Å². The predicted molar refractivity (Wildman–Crippen MR) is 68.9 cm³/mol. The lowest BCUT2D eigenvalue weighted by Gasteiger charge is -2.30. The van der Waals surface area contributed by atoms with Crippen molar-refractivity contribution in [2.24, 2.45) is 18.9 Å². The summed E-state index contributed by atoms with van der Waals surface area (Å²) in [5.41, 5.74) is 0. The number of halogens is 1. The topological polar surface area (TPSA) is 38.1 Å². The van der Waals surface area contributed by atoms with Crippen LogP contribution >= 0.6 is 11.6 Å². The Bertz CT molecular complexity index is 369. The minimum absolute atomic E-state index is 0.343. The van der Waals surface area contributed by atoms with Crippen molar-refractivity contribution in [2.45, 2.75) is 45.1 Å². The van der Waals surface area contributed by atoms with E-state index in [-0.39, 0.29) is 0 Å². The second-order valence-corrected chi connectivity index (χ2v) is 5.52. The lowest BCUT2D eigenvalue weighted by Crippen LogP contribution is -2.22. The first-order chi connectivity index (χ1) is 8.13. The molecule has 1 aliphatic rings. The smallest absolute Gasteiger partial charge is 0.138 e. The Labute approximate surface area is 108 Å². The number of aliphatic hydroxyl groups is 1. The molecule has 1 saturated carbocycles. The summed E-state index contributed by atoms with van der Waals surface area (Å²) in [6, 6.07) is 0. The van der Waals surface area contributed by atoms with Crippen LogP contribution in [0.5, 0.6) is 0 Å². The number of imidazole rings is 1. The first-order valence-electron chi connectivity index (χ1n) is 6.48. The Morgan fingerprint density at radius 2 is 2.12 bits per heavy atom. The third-order valence-corrected chi connectivity index (χ3v) is 4.50. The monoisotopic (exact) mass is 256 g/mol. The molecule has 0 aliphatic heterocycles. The number of rotatable bonds is 3. The van der Waals surface area contributed by atoms with Crippen LogP contribution in [0.3, 0.4) is 0 Å². The molecule has 1 unspecified atom stereocenters. The van der Waals surface area contributed by atoms with Crippen LogP contribution in [-0.2, 0) is 7.05 Å². The van der Waals surface area contributed by atoms with Crippen molar-refractivity contribution in [3.63, 3.8) is 0 Å². The van der Waals surface area contributed by atoms with Gasteiger partial charge in [-0.3, -0.25) is 0 Å². The summed E-state index contributed by atoms with van der Waals surface area (Å²) in [5, 5.41) is 10.9. The lowest BCUT2D eigenvalue weighted by molar-refractivity contribution is 0.0639. The van der Waals surface area contributed by atoms with Crippen molar-refractivity contribution >= 4 is 11.6 Å². The maximum Gasteiger partial charge on any atom is 0.138 e. The van der Waals surface area contributed by atoms with Gasteiger partial charge in [0.2, 0.25) is 0 Å². The second kappa shape index (κ2) is 5.40. The predicted octanol–water partition coefficient (Wildman–Crippen LogP) is 3.32. The van der Waals surface area contributed by atoms with Gasteiger partial charge in [-0.1, -0.05) is 37.8 Å². The maximum atomic E-state index is 10.4. The quantitative estimate of drug-likeness (QED) is 0.901. The van der Waals surface area contributed by atoms with E-state index in [9.17, 15) is 5.11 Å². The fourth-order valence-corrected chi connectivity index (χ4v) is 2.94. The number of hydrogen-bond donors (Lipinski definition) is 1. The van der Waals surface area contributed by atoms with Gasteiger partial charge < -0.3 is 9.67 Å². The second-order valence-electron chi connectivity index (χ2n) is 5.13. The molecular formula is C13H21ClN2O. The molecule has 17 heavy (non-hydrogen) atoms. The van der Waals surface area contributed by atoms with E-state index in [1.54, 1.807) is 10.8 Å². The molecule has 1 atom stereocenters. The molecule has 1 aliphatic carbocycles. The molecule has 1 N–H and O–H groups in total. The van der Waals surface area contributed by atoms with Crippen molar-refractivity contribution in [3.8, 4) is 0 Å². The van der Waals surface area contributed by atoms with Crippen LogP contribution in [0.1, 0.15) is 51.0 Å². The van der Waals surface area contributed by atoms with Crippen LogP contribution in [0.4, 0.5) is 0 Å². The average molecular weight is 257 g/mol. The highest BCUT2D eigenvalue weighted by atomic mass is 35.5. The molecule has 3 nitrogen and oxygen atoms in total. The normalized spacial score (nSPS) is 27.1. The summed E-state index contributed by atoms with van der Waals surface area (Å²) in [7, 11) is 1.85. The van der Waals surface area contributed by atoms with Crippen LogP contribution < -0.4 is 0 Å². The number of nitrogens with zero attached hydrogens (tertiary/aromatic N) is 2. The third-order valence-electron chi connectivity index (χ3n) is 4.15. The molecule has 0 bridgehead atoms. The van der Waals surface area contributed by atoms with E-state index in [2.05, 4.69) is 11.9 Å². The zero-order valence-corrected chi connectivity index (χ0v) is 11.3. The average Bonchev–Trinajstić information content (AvgIpc) is 2.69. The van der Waals surface area contributed by atoms with E-state index >= 15 is 0 Å². The molecule has 96 valence electrons. The van der Waals surface area contributed by atoms with Crippen LogP contribution in [-0.4, -0.2) is 14.7 Å². The summed E-state index contributed by atoms with van der Waals surface area (Å²) in [5.74, 6) is 1.90. The van der Waals surface area contributed by atoms with Gasteiger partial charge in [0.25, 0.3) is 0 Å². The van der Waals surface area contributed by atoms with Crippen LogP contribution in [0.25, 0.3) is 0 Å². The third kappa shape index (κ3) is 2.66. The van der Waals surface area contributed by atoms with E-state index in [0.29, 0.717) is 16.9 Å². The van der Waals surface area contributed by atoms with E-state index in [1.807, 2.05) is 7.05 Å². The van der Waals surface area contributed by atoms with Crippen molar-refractivity contribution in [1.82, 2.24) is 9.55 Å². The standard InChI is InChI=1S/C13H21ClN2O/c1-3-9-4-6-10(7-5-9)12(17)13-15-8-11(14)16(13)2/h8-10,12,17H,3-7H2,1-2H3. The van der Waals surface area contributed by atoms with E-state index in [0.717, 1.165) is 18.8 Å². The molecule has 0 radical (unpaired) electrons. The maximum absolute atomic E-state index is 10.4. The Kier molecular flexibility index (Phi) is 4.10. The van der Waals surface area contributed by atoms with Crippen molar-refractivity contribution in [1.29, 1.82) is 0 Å². The Hall–Kier alpha value is -0.540. The molecule has 1 aromatic heterocycles. The van der Waals surface area contributed by atoms with Gasteiger partial charge in [0.15, 0.2) is 0 Å². The van der Waals surface area contributed by atoms with E-state index in [4.69, 9.17) is 11.6 Å². The molecule has 0 amide bonds.